The van der Waals surface area contributed by atoms with Crippen LogP contribution in [0.4, 0.5) is 0 Å². The van der Waals surface area contributed by atoms with Gasteiger partial charge in [-0.05, 0) is 36.1 Å². The van der Waals surface area contributed by atoms with E-state index in [1.807, 2.05) is 36.4 Å². The van der Waals surface area contributed by atoms with Crippen LogP contribution in [0.25, 0.3) is 10.2 Å². The third kappa shape index (κ3) is 5.39. The fraction of sp³-hybridized carbons (Fsp3) is 0.318. The van der Waals surface area contributed by atoms with Gasteiger partial charge in [-0.1, -0.05) is 43.3 Å². The van der Waals surface area contributed by atoms with Crippen molar-refractivity contribution in [3.8, 4) is 0 Å². The van der Waals surface area contributed by atoms with Gasteiger partial charge in [0.2, 0.25) is 0 Å². The Bertz CT molecular complexity index is 917. The van der Waals surface area contributed by atoms with Gasteiger partial charge >= 0.3 is 5.97 Å². The molecule has 0 saturated carbocycles. The third-order valence-electron chi connectivity index (χ3n) is 4.54. The lowest BCUT2D eigenvalue weighted by Crippen LogP contribution is -2.30. The summed E-state index contributed by atoms with van der Waals surface area (Å²) in [4.78, 5) is 30.2. The SMILES string of the molecule is CCc1ccc(CCC(=O)OCC(=O)N(C)Cc2nc3ccccc3s2)cc1. The zero-order chi connectivity index (χ0) is 19.9. The van der Waals surface area contributed by atoms with E-state index in [-0.39, 0.29) is 24.9 Å². The van der Waals surface area contributed by atoms with Crippen LogP contribution in [0.2, 0.25) is 0 Å². The van der Waals surface area contributed by atoms with Crippen LogP contribution in [-0.2, 0) is 33.7 Å². The van der Waals surface area contributed by atoms with Crippen LogP contribution >= 0.6 is 11.3 Å². The smallest absolute Gasteiger partial charge is 0.306 e. The fourth-order valence-electron chi connectivity index (χ4n) is 2.79. The van der Waals surface area contributed by atoms with Gasteiger partial charge in [-0.2, -0.15) is 0 Å². The summed E-state index contributed by atoms with van der Waals surface area (Å²) in [7, 11) is 1.69. The van der Waals surface area contributed by atoms with E-state index in [0.717, 1.165) is 27.2 Å². The molecule has 0 aliphatic rings. The van der Waals surface area contributed by atoms with E-state index >= 15 is 0 Å². The second-order valence-corrected chi connectivity index (χ2v) is 7.77. The first-order valence-corrected chi connectivity index (χ1v) is 10.2. The van der Waals surface area contributed by atoms with E-state index < -0.39 is 0 Å². The number of carbonyl (C=O) groups is 2. The van der Waals surface area contributed by atoms with Crippen LogP contribution in [-0.4, -0.2) is 35.4 Å². The minimum absolute atomic E-state index is 0.236. The first kappa shape index (κ1) is 20.0. The standard InChI is InChI=1S/C22H24N2O3S/c1-3-16-8-10-17(11-9-16)12-13-22(26)27-15-21(25)24(2)14-20-23-18-6-4-5-7-19(18)28-20/h4-11H,3,12-15H2,1-2H3. The van der Waals surface area contributed by atoms with Gasteiger partial charge in [0.05, 0.1) is 16.8 Å². The average Bonchev–Trinajstić information content (AvgIpc) is 3.13. The van der Waals surface area contributed by atoms with Crippen molar-refractivity contribution in [1.29, 1.82) is 0 Å². The predicted molar refractivity (Wildman–Crippen MR) is 111 cm³/mol. The lowest BCUT2D eigenvalue weighted by Gasteiger charge is -2.15. The van der Waals surface area contributed by atoms with Crippen LogP contribution in [0.1, 0.15) is 29.5 Å². The summed E-state index contributed by atoms with van der Waals surface area (Å²) in [5.74, 6) is -0.596. The number of aromatic nitrogens is 1. The highest BCUT2D eigenvalue weighted by Gasteiger charge is 2.14. The number of esters is 1. The Morgan fingerprint density at radius 3 is 2.50 bits per heavy atom. The monoisotopic (exact) mass is 396 g/mol. The maximum Gasteiger partial charge on any atom is 0.306 e. The van der Waals surface area contributed by atoms with Gasteiger partial charge in [-0.25, -0.2) is 4.98 Å². The number of aryl methyl sites for hydroxylation is 2. The maximum absolute atomic E-state index is 12.2. The topological polar surface area (TPSA) is 59.5 Å². The van der Waals surface area contributed by atoms with Crippen molar-refractivity contribution in [3.63, 3.8) is 0 Å². The molecule has 3 rings (SSSR count). The lowest BCUT2D eigenvalue weighted by molar-refractivity contribution is -0.151. The summed E-state index contributed by atoms with van der Waals surface area (Å²) in [6, 6.07) is 16.1. The Morgan fingerprint density at radius 2 is 1.79 bits per heavy atom. The van der Waals surface area contributed by atoms with Crippen LogP contribution in [0.5, 0.6) is 0 Å². The molecule has 0 aliphatic heterocycles. The maximum atomic E-state index is 12.2. The highest BCUT2D eigenvalue weighted by Crippen LogP contribution is 2.22. The summed E-state index contributed by atoms with van der Waals surface area (Å²) in [5, 5.41) is 0.860. The van der Waals surface area contributed by atoms with Crippen LogP contribution in [0.15, 0.2) is 48.5 Å². The number of nitrogens with zero attached hydrogens (tertiary/aromatic N) is 2. The van der Waals surface area contributed by atoms with Gasteiger partial charge < -0.3 is 9.64 Å². The number of ether oxygens (including phenoxy) is 1. The van der Waals surface area contributed by atoms with Crippen molar-refractivity contribution in [2.75, 3.05) is 13.7 Å². The first-order chi connectivity index (χ1) is 13.5. The Balaban J connectivity index is 1.42. The molecule has 0 N–H and O–H groups in total. The zero-order valence-electron chi connectivity index (χ0n) is 16.2. The summed E-state index contributed by atoms with van der Waals surface area (Å²) in [5.41, 5.74) is 3.29. The zero-order valence-corrected chi connectivity index (χ0v) is 17.0. The van der Waals surface area contributed by atoms with Gasteiger partial charge in [0.25, 0.3) is 5.91 Å². The molecule has 0 atom stereocenters. The average molecular weight is 397 g/mol. The number of para-hydroxylation sites is 1. The van der Waals surface area contributed by atoms with E-state index in [1.54, 1.807) is 18.4 Å². The summed E-state index contributed by atoms with van der Waals surface area (Å²) >= 11 is 1.56. The van der Waals surface area contributed by atoms with Crippen molar-refractivity contribution < 1.29 is 14.3 Å². The third-order valence-corrected chi connectivity index (χ3v) is 5.56. The lowest BCUT2D eigenvalue weighted by atomic mass is 10.1. The van der Waals surface area contributed by atoms with Gasteiger partial charge in [-0.3, -0.25) is 9.59 Å². The van der Waals surface area contributed by atoms with Crippen LogP contribution in [0, 0.1) is 0 Å². The van der Waals surface area contributed by atoms with Crippen molar-refractivity contribution >= 4 is 33.4 Å². The van der Waals surface area contributed by atoms with E-state index in [1.165, 1.54) is 10.5 Å². The quantitative estimate of drug-likeness (QED) is 0.540. The molecule has 0 saturated heterocycles. The molecule has 1 aromatic heterocycles. The number of thiazole rings is 1. The normalized spacial score (nSPS) is 10.8. The van der Waals surface area contributed by atoms with Gasteiger partial charge in [-0.15, -0.1) is 11.3 Å². The van der Waals surface area contributed by atoms with E-state index in [9.17, 15) is 9.59 Å². The first-order valence-electron chi connectivity index (χ1n) is 9.37. The molecule has 0 bridgehead atoms. The highest BCUT2D eigenvalue weighted by molar-refractivity contribution is 7.18. The van der Waals surface area contributed by atoms with Crippen molar-refractivity contribution in [2.45, 2.75) is 32.7 Å². The Hall–Kier alpha value is -2.73. The van der Waals surface area contributed by atoms with Crippen LogP contribution < -0.4 is 0 Å². The van der Waals surface area contributed by atoms with E-state index in [2.05, 4.69) is 24.0 Å². The number of rotatable bonds is 8. The van der Waals surface area contributed by atoms with Gasteiger partial charge in [0.15, 0.2) is 6.61 Å². The molecular weight excluding hydrogens is 372 g/mol. The second-order valence-electron chi connectivity index (χ2n) is 6.66. The number of carbonyl (C=O) groups excluding carboxylic acids is 2. The number of benzene rings is 2. The predicted octanol–water partition coefficient (Wildman–Crippen LogP) is 3.99. The number of hydrogen-bond donors (Lipinski definition) is 0. The molecule has 0 spiro atoms. The molecular formula is C22H24N2O3S. The fourth-order valence-corrected chi connectivity index (χ4v) is 3.81. The number of fused-ring (bicyclic) bond motifs is 1. The number of hydrogen-bond acceptors (Lipinski definition) is 5. The molecule has 0 unspecified atom stereocenters. The van der Waals surface area contributed by atoms with Crippen molar-refractivity contribution in [1.82, 2.24) is 9.88 Å². The summed E-state index contributed by atoms with van der Waals surface area (Å²) in [6.07, 6.45) is 1.87. The van der Waals surface area contributed by atoms with E-state index in [4.69, 9.17) is 4.74 Å². The van der Waals surface area contributed by atoms with E-state index in [0.29, 0.717) is 13.0 Å². The molecule has 28 heavy (non-hydrogen) atoms. The number of likely N-dealkylation sites (N-methyl/N-ethyl adjacent to an activating group) is 1. The molecule has 146 valence electrons. The van der Waals surface area contributed by atoms with Crippen molar-refractivity contribution in [2.24, 2.45) is 0 Å². The summed E-state index contributed by atoms with van der Waals surface area (Å²) in [6.45, 7) is 2.27. The molecule has 5 nitrogen and oxygen atoms in total. The van der Waals surface area contributed by atoms with Gasteiger partial charge in [0.1, 0.15) is 5.01 Å². The second kappa shape index (κ2) is 9.46. The Morgan fingerprint density at radius 1 is 1.07 bits per heavy atom. The van der Waals surface area contributed by atoms with Crippen molar-refractivity contribution in [3.05, 3.63) is 64.7 Å². The molecule has 1 amide bonds. The molecule has 0 fully saturated rings. The molecule has 0 radical (unpaired) electrons. The molecule has 0 aliphatic carbocycles. The Labute approximate surface area is 169 Å². The highest BCUT2D eigenvalue weighted by atomic mass is 32.1. The minimum Gasteiger partial charge on any atom is -0.456 e. The molecule has 3 aromatic rings. The molecule has 6 heteroatoms. The minimum atomic E-state index is -0.360. The molecule has 2 aromatic carbocycles. The molecule has 1 heterocycles. The summed E-state index contributed by atoms with van der Waals surface area (Å²) < 4.78 is 6.24. The Kier molecular flexibility index (Phi) is 6.76. The van der Waals surface area contributed by atoms with Gasteiger partial charge in [0, 0.05) is 13.5 Å². The number of amides is 1. The van der Waals surface area contributed by atoms with Crippen LogP contribution in [0.3, 0.4) is 0 Å². The largest absolute Gasteiger partial charge is 0.456 e.